The molecule has 1 unspecified atom stereocenters. The van der Waals surface area contributed by atoms with E-state index in [1.165, 1.54) is 17.7 Å². The monoisotopic (exact) mass is 269 g/mol. The van der Waals surface area contributed by atoms with Gasteiger partial charge in [-0.3, -0.25) is 4.99 Å². The molecule has 1 aliphatic rings. The zero-order valence-electron chi connectivity index (χ0n) is 10.4. The number of thiazole rings is 1. The van der Waals surface area contributed by atoms with E-state index in [1.807, 2.05) is 18.0 Å². The molecule has 0 fully saturated rings. The molecule has 0 aliphatic carbocycles. The van der Waals surface area contributed by atoms with Gasteiger partial charge in [-0.1, -0.05) is 32.0 Å². The molecule has 0 amide bonds. The van der Waals surface area contributed by atoms with Crippen LogP contribution in [0.1, 0.15) is 36.6 Å². The van der Waals surface area contributed by atoms with E-state index in [0.29, 0.717) is 5.25 Å². The first-order valence-electron chi connectivity index (χ1n) is 6.20. The minimum atomic E-state index is 0.685. The van der Waals surface area contributed by atoms with E-state index >= 15 is 0 Å². The van der Waals surface area contributed by atoms with Crippen molar-refractivity contribution in [2.45, 2.75) is 44.9 Å². The van der Waals surface area contributed by atoms with Gasteiger partial charge in [-0.05, 0) is 12.8 Å². The summed E-state index contributed by atoms with van der Waals surface area (Å²) in [5.41, 5.74) is 0. The number of aliphatic imine (C=N–C) groups is 1. The van der Waals surface area contributed by atoms with E-state index in [9.17, 15) is 0 Å². The van der Waals surface area contributed by atoms with Gasteiger partial charge in [0, 0.05) is 16.3 Å². The molecule has 1 atom stereocenters. The lowest BCUT2D eigenvalue weighted by Crippen LogP contribution is -2.18. The number of thioether (sulfide) groups is 1. The molecule has 3 nitrogen and oxygen atoms in total. The number of aryl methyl sites for hydroxylation is 1. The first kappa shape index (κ1) is 12.9. The van der Waals surface area contributed by atoms with Crippen LogP contribution >= 0.6 is 23.1 Å². The van der Waals surface area contributed by atoms with Crippen LogP contribution in [-0.4, -0.2) is 21.9 Å². The van der Waals surface area contributed by atoms with E-state index in [2.05, 4.69) is 29.1 Å². The second kappa shape index (κ2) is 6.40. The predicted molar refractivity (Wildman–Crippen MR) is 76.9 cm³/mol. The minimum absolute atomic E-state index is 0.685. The van der Waals surface area contributed by atoms with Crippen LogP contribution in [0.4, 0.5) is 0 Å². The molecule has 0 saturated carbocycles. The third kappa shape index (κ3) is 3.71. The van der Waals surface area contributed by atoms with E-state index in [1.54, 1.807) is 11.3 Å². The third-order valence-electron chi connectivity index (χ3n) is 2.67. The van der Waals surface area contributed by atoms with Crippen LogP contribution in [0, 0.1) is 0 Å². The molecule has 1 N–H and O–H groups in total. The molecule has 0 radical (unpaired) electrons. The molecule has 1 aliphatic heterocycles. The number of nitrogens with zero attached hydrogens (tertiary/aromatic N) is 2. The Labute approximate surface area is 111 Å². The van der Waals surface area contributed by atoms with Crippen LogP contribution in [0.3, 0.4) is 0 Å². The van der Waals surface area contributed by atoms with Crippen LogP contribution in [0.5, 0.6) is 0 Å². The van der Waals surface area contributed by atoms with Crippen molar-refractivity contribution >= 4 is 28.3 Å². The summed E-state index contributed by atoms with van der Waals surface area (Å²) in [5, 5.41) is 6.32. The molecule has 94 valence electrons. The molecular weight excluding hydrogens is 250 g/mol. The Kier molecular flexibility index (Phi) is 4.86. The van der Waals surface area contributed by atoms with Crippen LogP contribution in [0.2, 0.25) is 0 Å². The van der Waals surface area contributed by atoms with Gasteiger partial charge in [0.25, 0.3) is 0 Å². The van der Waals surface area contributed by atoms with Crippen LogP contribution in [0.25, 0.3) is 0 Å². The van der Waals surface area contributed by atoms with E-state index < -0.39 is 0 Å². The summed E-state index contributed by atoms with van der Waals surface area (Å²) in [4.78, 5) is 10.3. The fraction of sp³-hybridized carbons (Fsp3) is 0.667. The SMILES string of the molecule is CCCC1CN=C(NCc2ncc(CC)s2)S1. The van der Waals surface area contributed by atoms with Crippen molar-refractivity contribution < 1.29 is 0 Å². The van der Waals surface area contributed by atoms with E-state index in [-0.39, 0.29) is 0 Å². The summed E-state index contributed by atoms with van der Waals surface area (Å²) in [6.07, 6.45) is 5.56. The van der Waals surface area contributed by atoms with Gasteiger partial charge in [-0.25, -0.2) is 4.98 Å². The Bertz CT molecular complexity index is 387. The molecule has 1 aromatic rings. The minimum Gasteiger partial charge on any atom is -0.358 e. The fourth-order valence-electron chi connectivity index (χ4n) is 1.73. The average Bonchev–Trinajstić information content (AvgIpc) is 2.95. The zero-order chi connectivity index (χ0) is 12.1. The maximum Gasteiger partial charge on any atom is 0.157 e. The van der Waals surface area contributed by atoms with E-state index in [0.717, 1.165) is 29.7 Å². The second-order valence-electron chi connectivity index (χ2n) is 4.10. The number of aromatic nitrogens is 1. The van der Waals surface area contributed by atoms with Crippen molar-refractivity contribution in [2.24, 2.45) is 4.99 Å². The lowest BCUT2D eigenvalue weighted by Gasteiger charge is -2.06. The Balaban J connectivity index is 1.75. The lowest BCUT2D eigenvalue weighted by atomic mass is 10.2. The highest BCUT2D eigenvalue weighted by atomic mass is 32.2. The Morgan fingerprint density at radius 2 is 2.35 bits per heavy atom. The number of hydrogen-bond acceptors (Lipinski definition) is 5. The average molecular weight is 269 g/mol. The molecule has 0 saturated heterocycles. The van der Waals surface area contributed by atoms with Crippen LogP contribution in [-0.2, 0) is 13.0 Å². The highest BCUT2D eigenvalue weighted by molar-refractivity contribution is 8.14. The van der Waals surface area contributed by atoms with Crippen molar-refractivity contribution in [1.82, 2.24) is 10.3 Å². The van der Waals surface area contributed by atoms with Gasteiger partial charge in [0.15, 0.2) is 5.17 Å². The molecular formula is C12H19N3S2. The van der Waals surface area contributed by atoms with Crippen molar-refractivity contribution in [3.63, 3.8) is 0 Å². The van der Waals surface area contributed by atoms with Crippen LogP contribution in [0.15, 0.2) is 11.2 Å². The Hall–Kier alpha value is -0.550. The Morgan fingerprint density at radius 3 is 3.06 bits per heavy atom. The third-order valence-corrected chi connectivity index (χ3v) is 5.02. The van der Waals surface area contributed by atoms with Crippen molar-refractivity contribution in [1.29, 1.82) is 0 Å². The smallest absolute Gasteiger partial charge is 0.157 e. The summed E-state index contributed by atoms with van der Waals surface area (Å²) < 4.78 is 0. The van der Waals surface area contributed by atoms with Gasteiger partial charge in [-0.2, -0.15) is 0 Å². The topological polar surface area (TPSA) is 37.3 Å². The van der Waals surface area contributed by atoms with E-state index in [4.69, 9.17) is 0 Å². The summed E-state index contributed by atoms with van der Waals surface area (Å²) in [6, 6.07) is 0. The van der Waals surface area contributed by atoms with Gasteiger partial charge in [-0.15, -0.1) is 11.3 Å². The maximum absolute atomic E-state index is 4.52. The van der Waals surface area contributed by atoms with Crippen molar-refractivity contribution in [3.8, 4) is 0 Å². The highest BCUT2D eigenvalue weighted by Gasteiger charge is 2.18. The van der Waals surface area contributed by atoms with Gasteiger partial charge in [0.05, 0.1) is 13.1 Å². The molecule has 0 spiro atoms. The number of amidine groups is 1. The first-order valence-corrected chi connectivity index (χ1v) is 7.90. The predicted octanol–water partition coefficient (Wildman–Crippen LogP) is 3.07. The highest BCUT2D eigenvalue weighted by Crippen LogP contribution is 2.24. The van der Waals surface area contributed by atoms with Gasteiger partial charge >= 0.3 is 0 Å². The van der Waals surface area contributed by atoms with Gasteiger partial charge in [0.1, 0.15) is 5.01 Å². The molecule has 0 aromatic carbocycles. The maximum atomic E-state index is 4.52. The van der Waals surface area contributed by atoms with Gasteiger partial charge < -0.3 is 5.32 Å². The Morgan fingerprint density at radius 1 is 1.47 bits per heavy atom. The molecule has 2 heterocycles. The zero-order valence-corrected chi connectivity index (χ0v) is 12.0. The number of hydrogen-bond donors (Lipinski definition) is 1. The lowest BCUT2D eigenvalue weighted by molar-refractivity contribution is 0.753. The summed E-state index contributed by atoms with van der Waals surface area (Å²) in [5.74, 6) is 0. The van der Waals surface area contributed by atoms with Crippen molar-refractivity contribution in [3.05, 3.63) is 16.1 Å². The number of rotatable bonds is 5. The van der Waals surface area contributed by atoms with Crippen molar-refractivity contribution in [2.75, 3.05) is 6.54 Å². The molecule has 1 aromatic heterocycles. The summed E-state index contributed by atoms with van der Waals surface area (Å²) in [7, 11) is 0. The largest absolute Gasteiger partial charge is 0.358 e. The first-order chi connectivity index (χ1) is 8.31. The molecule has 0 bridgehead atoms. The van der Waals surface area contributed by atoms with Crippen LogP contribution < -0.4 is 5.32 Å². The molecule has 5 heteroatoms. The number of nitrogens with one attached hydrogen (secondary N) is 1. The standard InChI is InChI=1S/C12H19N3S2/c1-3-5-10-7-14-12(17-10)15-8-11-13-6-9(4-2)16-11/h6,10H,3-5,7-8H2,1-2H3,(H,14,15). The quantitative estimate of drug-likeness (QED) is 0.892. The normalized spacial score (nSPS) is 19.4. The molecule has 2 rings (SSSR count). The summed E-state index contributed by atoms with van der Waals surface area (Å²) in [6.45, 7) is 6.18. The summed E-state index contributed by atoms with van der Waals surface area (Å²) >= 11 is 3.67. The second-order valence-corrected chi connectivity index (χ2v) is 6.59. The van der Waals surface area contributed by atoms with Gasteiger partial charge in [0.2, 0.25) is 0 Å². The molecule has 17 heavy (non-hydrogen) atoms. The fourth-order valence-corrected chi connectivity index (χ4v) is 3.66.